The van der Waals surface area contributed by atoms with Gasteiger partial charge in [-0.3, -0.25) is 9.69 Å². The Morgan fingerprint density at radius 2 is 2.21 bits per heavy atom. The molecule has 1 aromatic rings. The van der Waals surface area contributed by atoms with Gasteiger partial charge in [0.2, 0.25) is 0 Å². The van der Waals surface area contributed by atoms with E-state index in [9.17, 15) is 14.3 Å². The van der Waals surface area contributed by atoms with Crippen molar-refractivity contribution in [2.75, 3.05) is 13.2 Å². The van der Waals surface area contributed by atoms with Gasteiger partial charge in [0, 0.05) is 23.4 Å². The molecule has 0 saturated carbocycles. The summed E-state index contributed by atoms with van der Waals surface area (Å²) >= 11 is 0. The molecule has 0 spiro atoms. The number of aliphatic hydroxyl groups excluding tert-OH is 1. The number of hydrogen-bond acceptors (Lipinski definition) is 5. The van der Waals surface area contributed by atoms with E-state index in [-0.39, 0.29) is 19.1 Å². The zero-order valence-electron chi connectivity index (χ0n) is 17.4. The average molecular weight is 401 g/mol. The van der Waals surface area contributed by atoms with Gasteiger partial charge in [0.05, 0.1) is 31.4 Å². The van der Waals surface area contributed by atoms with E-state index >= 15 is 0 Å². The topological polar surface area (TPSA) is 74.2 Å². The van der Waals surface area contributed by atoms with Crippen LogP contribution < -0.4 is 5.32 Å². The van der Waals surface area contributed by atoms with Crippen molar-refractivity contribution in [1.82, 2.24) is 10.2 Å². The number of aliphatic hydroxyl groups is 1. The Kier molecular flexibility index (Phi) is 6.03. The van der Waals surface area contributed by atoms with Gasteiger partial charge in [-0.05, 0) is 51.5 Å². The molecular weight excluding hydrogens is 373 g/mol. The minimum absolute atomic E-state index is 0.133. The van der Waals surface area contributed by atoms with Gasteiger partial charge >= 0.3 is 0 Å². The second-order valence-electron chi connectivity index (χ2n) is 8.22. The van der Waals surface area contributed by atoms with Crippen molar-refractivity contribution in [3.63, 3.8) is 0 Å². The normalized spacial score (nSPS) is 24.1. The summed E-state index contributed by atoms with van der Waals surface area (Å²) in [5.41, 5.74) is 2.29. The summed E-state index contributed by atoms with van der Waals surface area (Å²) in [7, 11) is 0. The maximum absolute atomic E-state index is 14.8. The van der Waals surface area contributed by atoms with E-state index in [0.717, 1.165) is 5.57 Å². The molecule has 7 heteroatoms. The van der Waals surface area contributed by atoms with Crippen LogP contribution in [-0.2, 0) is 17.8 Å². The Hall–Kier alpha value is -2.35. The third-order valence-electron chi connectivity index (χ3n) is 5.16. The summed E-state index contributed by atoms with van der Waals surface area (Å²) in [5.74, 6) is -0.249. The van der Waals surface area contributed by atoms with Gasteiger partial charge in [-0.25, -0.2) is 9.38 Å². The highest BCUT2D eigenvalue weighted by Crippen LogP contribution is 2.28. The van der Waals surface area contributed by atoms with E-state index in [2.05, 4.69) is 16.9 Å². The number of allylic oxidation sites excluding steroid dienone is 2. The second-order valence-corrected chi connectivity index (χ2v) is 8.22. The van der Waals surface area contributed by atoms with Gasteiger partial charge in [0.1, 0.15) is 11.7 Å². The number of ether oxygens (including phenoxy) is 1. The molecule has 6 nitrogen and oxygen atoms in total. The van der Waals surface area contributed by atoms with Crippen molar-refractivity contribution in [2.45, 2.75) is 52.4 Å². The van der Waals surface area contributed by atoms with E-state index in [1.54, 1.807) is 19.1 Å². The number of carbonyl (C=O) groups excluding carboxylic acids is 1. The average Bonchev–Trinajstić information content (AvgIpc) is 3.13. The molecule has 2 N–H and O–H groups in total. The number of rotatable bonds is 5. The van der Waals surface area contributed by atoms with Gasteiger partial charge in [-0.2, -0.15) is 0 Å². The summed E-state index contributed by atoms with van der Waals surface area (Å²) in [6.45, 7) is 12.3. The zero-order valence-corrected chi connectivity index (χ0v) is 17.4. The van der Waals surface area contributed by atoms with Crippen LogP contribution in [0.15, 0.2) is 41.1 Å². The quantitative estimate of drug-likeness (QED) is 0.588. The summed E-state index contributed by atoms with van der Waals surface area (Å²) in [6.07, 6.45) is 1.16. The first-order valence-electron chi connectivity index (χ1n) is 9.64. The van der Waals surface area contributed by atoms with E-state index < -0.39 is 17.5 Å². The SMILES string of the molecule is C=C(C)N=C(C=C(C)C)N1Cc2c(F)cc(CNC3(C)COCC3O)cc2C1=O. The van der Waals surface area contributed by atoms with Crippen molar-refractivity contribution in [1.29, 1.82) is 0 Å². The number of nitrogens with zero attached hydrogens (tertiary/aromatic N) is 2. The van der Waals surface area contributed by atoms with Crippen LogP contribution in [0, 0.1) is 5.82 Å². The maximum atomic E-state index is 14.8. The van der Waals surface area contributed by atoms with Crippen LogP contribution in [0.3, 0.4) is 0 Å². The van der Waals surface area contributed by atoms with Crippen molar-refractivity contribution < 1.29 is 19.0 Å². The van der Waals surface area contributed by atoms with Crippen LogP contribution in [0.1, 0.15) is 49.2 Å². The van der Waals surface area contributed by atoms with Crippen LogP contribution in [0.2, 0.25) is 0 Å². The summed E-state index contributed by atoms with van der Waals surface area (Å²) < 4.78 is 20.1. The fourth-order valence-corrected chi connectivity index (χ4v) is 3.47. The molecule has 3 rings (SSSR count). The summed E-state index contributed by atoms with van der Waals surface area (Å²) in [4.78, 5) is 18.9. The Balaban J connectivity index is 1.85. The number of carbonyl (C=O) groups is 1. The molecule has 0 radical (unpaired) electrons. The molecule has 2 aliphatic heterocycles. The molecule has 1 amide bonds. The molecular formula is C22H28FN3O3. The Labute approximate surface area is 170 Å². The summed E-state index contributed by atoms with van der Waals surface area (Å²) in [5, 5.41) is 13.3. The molecule has 2 aliphatic rings. The van der Waals surface area contributed by atoms with Gasteiger partial charge in [0.25, 0.3) is 5.91 Å². The zero-order chi connectivity index (χ0) is 21.3. The first-order chi connectivity index (χ1) is 13.6. The number of benzene rings is 1. The highest BCUT2D eigenvalue weighted by molar-refractivity contribution is 6.13. The fourth-order valence-electron chi connectivity index (χ4n) is 3.47. The lowest BCUT2D eigenvalue weighted by Crippen LogP contribution is -2.51. The molecule has 29 heavy (non-hydrogen) atoms. The van der Waals surface area contributed by atoms with Gasteiger partial charge < -0.3 is 15.2 Å². The van der Waals surface area contributed by atoms with Crippen LogP contribution in [0.4, 0.5) is 4.39 Å². The smallest absolute Gasteiger partial charge is 0.260 e. The molecule has 0 aromatic heterocycles. The van der Waals surface area contributed by atoms with E-state index in [4.69, 9.17) is 4.74 Å². The highest BCUT2D eigenvalue weighted by atomic mass is 19.1. The van der Waals surface area contributed by atoms with Crippen molar-refractivity contribution in [3.8, 4) is 0 Å². The van der Waals surface area contributed by atoms with Crippen LogP contribution in [0.25, 0.3) is 0 Å². The number of aliphatic imine (C=N–C) groups is 1. The van der Waals surface area contributed by atoms with E-state index in [0.29, 0.717) is 41.4 Å². The number of amidine groups is 1. The van der Waals surface area contributed by atoms with Crippen molar-refractivity contribution >= 4 is 11.7 Å². The monoisotopic (exact) mass is 401 g/mol. The Morgan fingerprint density at radius 1 is 1.48 bits per heavy atom. The Bertz CT molecular complexity index is 905. The lowest BCUT2D eigenvalue weighted by molar-refractivity contribution is 0.0866. The molecule has 2 heterocycles. The third kappa shape index (κ3) is 4.47. The lowest BCUT2D eigenvalue weighted by Gasteiger charge is -2.27. The molecule has 0 bridgehead atoms. The van der Waals surface area contributed by atoms with E-state index in [1.165, 1.54) is 11.0 Å². The molecule has 0 aliphatic carbocycles. The lowest BCUT2D eigenvalue weighted by atomic mass is 9.97. The van der Waals surface area contributed by atoms with Crippen molar-refractivity contribution in [3.05, 3.63) is 58.6 Å². The predicted molar refractivity (Wildman–Crippen MR) is 110 cm³/mol. The molecule has 1 saturated heterocycles. The van der Waals surface area contributed by atoms with Gasteiger partial charge in [0.15, 0.2) is 0 Å². The Morgan fingerprint density at radius 3 is 2.79 bits per heavy atom. The molecule has 1 fully saturated rings. The molecule has 156 valence electrons. The standard InChI is InChI=1S/C22H28FN3O3/c1-13(2)6-20(25-14(3)4)26-10-17-16(21(26)28)7-15(8-18(17)23)9-24-22(5)12-29-11-19(22)27/h6-8,19,24,27H,3,9-12H2,1-2,4-5H3. The highest BCUT2D eigenvalue weighted by Gasteiger charge is 2.38. The largest absolute Gasteiger partial charge is 0.389 e. The predicted octanol–water partition coefficient (Wildman–Crippen LogP) is 2.92. The van der Waals surface area contributed by atoms with Crippen molar-refractivity contribution in [2.24, 2.45) is 4.99 Å². The number of halogens is 1. The minimum Gasteiger partial charge on any atom is -0.389 e. The number of hydrogen-bond donors (Lipinski definition) is 2. The van der Waals surface area contributed by atoms with Crippen LogP contribution in [-0.4, -0.2) is 46.6 Å². The molecule has 2 atom stereocenters. The summed E-state index contributed by atoms with van der Waals surface area (Å²) in [6, 6.07) is 3.14. The number of fused-ring (bicyclic) bond motifs is 1. The fraction of sp³-hybridized carbons (Fsp3) is 0.455. The molecule has 2 unspecified atom stereocenters. The number of nitrogens with one attached hydrogen (secondary N) is 1. The number of amides is 1. The van der Waals surface area contributed by atoms with Gasteiger partial charge in [-0.15, -0.1) is 0 Å². The first-order valence-corrected chi connectivity index (χ1v) is 9.64. The van der Waals surface area contributed by atoms with Gasteiger partial charge in [-0.1, -0.05) is 12.2 Å². The van der Waals surface area contributed by atoms with Crippen LogP contribution in [0.5, 0.6) is 0 Å². The second kappa shape index (κ2) is 8.18. The molecule has 1 aromatic carbocycles. The third-order valence-corrected chi connectivity index (χ3v) is 5.16. The maximum Gasteiger partial charge on any atom is 0.260 e. The van der Waals surface area contributed by atoms with Crippen LogP contribution >= 0.6 is 0 Å². The first kappa shape index (κ1) is 21.4. The minimum atomic E-state index is -0.635. The van der Waals surface area contributed by atoms with E-state index in [1.807, 2.05) is 20.8 Å².